The second-order valence-electron chi connectivity index (χ2n) is 10.0. The predicted molar refractivity (Wildman–Crippen MR) is 153 cm³/mol. The maximum Gasteiger partial charge on any atom is 0.265 e. The van der Waals surface area contributed by atoms with Gasteiger partial charge in [0.15, 0.2) is 9.84 Å². The molecule has 0 radical (unpaired) electrons. The lowest BCUT2D eigenvalue weighted by Crippen LogP contribution is -2.24. The fourth-order valence-corrected chi connectivity index (χ4v) is 5.24. The molecule has 0 aliphatic rings. The van der Waals surface area contributed by atoms with Crippen molar-refractivity contribution in [2.45, 2.75) is 44.0 Å². The Morgan fingerprint density at radius 3 is 2.39 bits per heavy atom. The first-order valence-electron chi connectivity index (χ1n) is 13.1. The molecule has 3 aromatic carbocycles. The minimum atomic E-state index is -3.27. The van der Waals surface area contributed by atoms with E-state index in [9.17, 15) is 22.4 Å². The molecule has 0 aliphatic heterocycles. The Bertz CT molecular complexity index is 1900. The first-order chi connectivity index (χ1) is 19.6. The Balaban J connectivity index is 1.46. The first kappa shape index (κ1) is 28.0. The van der Waals surface area contributed by atoms with Gasteiger partial charge in [0, 0.05) is 24.7 Å². The highest BCUT2D eigenvalue weighted by atomic mass is 32.2. The van der Waals surface area contributed by atoms with Gasteiger partial charge in [-0.25, -0.2) is 22.5 Å². The zero-order chi connectivity index (χ0) is 29.1. The molecule has 0 saturated carbocycles. The molecule has 2 aromatic heterocycles. The zero-order valence-corrected chi connectivity index (χ0v) is 23.4. The Hall–Kier alpha value is -4.51. The monoisotopic (exact) mass is 573 g/mol. The van der Waals surface area contributed by atoms with E-state index in [1.54, 1.807) is 72.4 Å². The standard InChI is InChI=1S/C30H28FN5O4S/c1-20(37)5-3-4-6-29-32-27-17-22(9-16-26(27)30(38)36(29)24-12-10-23(31)11-13-24)28-19-35(34-33-28)18-21-7-14-25(15-8-21)41(2,39)40/h7-17,19H,3-6,18H2,1-2H3. The summed E-state index contributed by atoms with van der Waals surface area (Å²) in [5.41, 5.74) is 2.93. The largest absolute Gasteiger partial charge is 0.300 e. The van der Waals surface area contributed by atoms with Gasteiger partial charge in [0.2, 0.25) is 0 Å². The molecule has 0 aliphatic carbocycles. The highest BCUT2D eigenvalue weighted by Crippen LogP contribution is 2.23. The van der Waals surface area contributed by atoms with Crippen molar-refractivity contribution in [1.82, 2.24) is 24.5 Å². The number of unbranched alkanes of at least 4 members (excludes halogenated alkanes) is 1. The van der Waals surface area contributed by atoms with Crippen LogP contribution in [0.1, 0.15) is 37.6 Å². The van der Waals surface area contributed by atoms with Gasteiger partial charge in [-0.15, -0.1) is 5.10 Å². The number of Topliss-reactive ketones (excluding diaryl/α,β-unsaturated/α-hetero) is 1. The summed E-state index contributed by atoms with van der Waals surface area (Å²) in [5, 5.41) is 8.89. The van der Waals surface area contributed by atoms with Crippen molar-refractivity contribution in [2.24, 2.45) is 0 Å². The topological polar surface area (TPSA) is 117 Å². The summed E-state index contributed by atoms with van der Waals surface area (Å²) < 4.78 is 40.2. The van der Waals surface area contributed by atoms with Gasteiger partial charge in [-0.3, -0.25) is 9.36 Å². The van der Waals surface area contributed by atoms with Crippen LogP contribution in [0.5, 0.6) is 0 Å². The van der Waals surface area contributed by atoms with Gasteiger partial charge in [-0.1, -0.05) is 23.4 Å². The maximum absolute atomic E-state index is 13.6. The van der Waals surface area contributed by atoms with E-state index in [-0.39, 0.29) is 16.2 Å². The number of ketones is 1. The second kappa shape index (κ2) is 11.5. The van der Waals surface area contributed by atoms with Crippen molar-refractivity contribution >= 4 is 26.5 Å². The van der Waals surface area contributed by atoms with Crippen LogP contribution in [0.2, 0.25) is 0 Å². The van der Waals surface area contributed by atoms with Gasteiger partial charge in [-0.2, -0.15) is 0 Å². The molecule has 11 heteroatoms. The summed E-state index contributed by atoms with van der Waals surface area (Å²) in [6.45, 7) is 1.95. The third-order valence-electron chi connectivity index (χ3n) is 6.73. The van der Waals surface area contributed by atoms with E-state index in [0.717, 1.165) is 11.1 Å². The van der Waals surface area contributed by atoms with Crippen molar-refractivity contribution in [1.29, 1.82) is 0 Å². The van der Waals surface area contributed by atoms with Crippen LogP contribution in [0.15, 0.2) is 82.6 Å². The Labute approximate surface area is 236 Å². The Kier molecular flexibility index (Phi) is 7.89. The van der Waals surface area contributed by atoms with Gasteiger partial charge in [-0.05, 0) is 73.9 Å². The average molecular weight is 574 g/mol. The number of halogens is 1. The zero-order valence-electron chi connectivity index (χ0n) is 22.6. The predicted octanol–water partition coefficient (Wildman–Crippen LogP) is 4.54. The van der Waals surface area contributed by atoms with Crippen LogP contribution in [-0.4, -0.2) is 45.0 Å². The summed E-state index contributed by atoms with van der Waals surface area (Å²) in [6.07, 6.45) is 5.20. The lowest BCUT2D eigenvalue weighted by molar-refractivity contribution is -0.117. The van der Waals surface area contributed by atoms with Crippen LogP contribution < -0.4 is 5.56 Å². The highest BCUT2D eigenvalue weighted by molar-refractivity contribution is 7.90. The summed E-state index contributed by atoms with van der Waals surface area (Å²) in [5.74, 6) is 0.231. The van der Waals surface area contributed by atoms with E-state index < -0.39 is 15.7 Å². The first-order valence-corrected chi connectivity index (χ1v) is 15.0. The van der Waals surface area contributed by atoms with Gasteiger partial charge in [0.1, 0.15) is 23.1 Å². The summed E-state index contributed by atoms with van der Waals surface area (Å²) in [4.78, 5) is 30.1. The highest BCUT2D eigenvalue weighted by Gasteiger charge is 2.15. The van der Waals surface area contributed by atoms with E-state index in [1.165, 1.54) is 23.0 Å². The minimum absolute atomic E-state index is 0.107. The quantitative estimate of drug-likeness (QED) is 0.225. The fourth-order valence-electron chi connectivity index (χ4n) is 4.61. The number of hydrogen-bond donors (Lipinski definition) is 0. The number of aromatic nitrogens is 5. The molecule has 5 rings (SSSR count). The van der Waals surface area contributed by atoms with Crippen LogP contribution in [0.3, 0.4) is 0 Å². The molecule has 0 amide bonds. The molecule has 9 nitrogen and oxygen atoms in total. The van der Waals surface area contributed by atoms with Crippen LogP contribution in [0, 0.1) is 5.82 Å². The molecular formula is C30H28FN5O4S. The average Bonchev–Trinajstić information content (AvgIpc) is 3.40. The van der Waals surface area contributed by atoms with E-state index in [1.807, 2.05) is 0 Å². The number of sulfone groups is 1. The van der Waals surface area contributed by atoms with Gasteiger partial charge in [0.05, 0.1) is 34.2 Å². The molecule has 210 valence electrons. The van der Waals surface area contributed by atoms with Gasteiger partial charge >= 0.3 is 0 Å². The number of fused-ring (bicyclic) bond motifs is 1. The van der Waals surface area contributed by atoms with Crippen LogP contribution in [-0.2, 0) is 27.6 Å². The van der Waals surface area contributed by atoms with Crippen molar-refractivity contribution in [3.8, 4) is 16.9 Å². The van der Waals surface area contributed by atoms with E-state index in [4.69, 9.17) is 4.98 Å². The van der Waals surface area contributed by atoms with Crippen molar-refractivity contribution in [3.63, 3.8) is 0 Å². The van der Waals surface area contributed by atoms with E-state index >= 15 is 0 Å². The number of hydrogen-bond acceptors (Lipinski definition) is 7. The van der Waals surface area contributed by atoms with E-state index in [2.05, 4.69) is 10.3 Å². The number of carbonyl (C=O) groups is 1. The molecular weight excluding hydrogens is 545 g/mol. The molecule has 0 bridgehead atoms. The Morgan fingerprint density at radius 1 is 0.976 bits per heavy atom. The molecule has 0 fully saturated rings. The minimum Gasteiger partial charge on any atom is -0.300 e. The fraction of sp³-hybridized carbons (Fsp3) is 0.233. The molecule has 41 heavy (non-hydrogen) atoms. The number of carbonyl (C=O) groups excluding carboxylic acids is 1. The number of rotatable bonds is 10. The van der Waals surface area contributed by atoms with Gasteiger partial charge in [0.25, 0.3) is 5.56 Å². The van der Waals surface area contributed by atoms with E-state index in [0.29, 0.717) is 60.3 Å². The van der Waals surface area contributed by atoms with Crippen LogP contribution >= 0.6 is 0 Å². The van der Waals surface area contributed by atoms with Crippen LogP contribution in [0.4, 0.5) is 4.39 Å². The van der Waals surface area contributed by atoms with Gasteiger partial charge < -0.3 is 4.79 Å². The maximum atomic E-state index is 13.6. The van der Waals surface area contributed by atoms with Crippen molar-refractivity contribution in [2.75, 3.05) is 6.26 Å². The Morgan fingerprint density at radius 2 is 1.71 bits per heavy atom. The third kappa shape index (κ3) is 6.46. The second-order valence-corrected chi connectivity index (χ2v) is 12.0. The number of nitrogens with zero attached hydrogens (tertiary/aromatic N) is 5. The normalized spacial score (nSPS) is 11.7. The summed E-state index contributed by atoms with van der Waals surface area (Å²) in [7, 11) is -3.27. The van der Waals surface area contributed by atoms with Crippen molar-refractivity contribution < 1.29 is 17.6 Å². The SMILES string of the molecule is CC(=O)CCCCc1nc2cc(-c3cn(Cc4ccc(S(C)(=O)=O)cc4)nn3)ccc2c(=O)n1-c1ccc(F)cc1. The molecule has 0 N–H and O–H groups in total. The van der Waals surface area contributed by atoms with Crippen LogP contribution in [0.25, 0.3) is 27.8 Å². The molecule has 2 heterocycles. The lowest BCUT2D eigenvalue weighted by Gasteiger charge is -2.14. The van der Waals surface area contributed by atoms with Crippen molar-refractivity contribution in [3.05, 3.63) is 100 Å². The molecule has 5 aromatic rings. The third-order valence-corrected chi connectivity index (χ3v) is 7.86. The lowest BCUT2D eigenvalue weighted by atomic mass is 10.1. The summed E-state index contributed by atoms with van der Waals surface area (Å²) in [6, 6.07) is 17.6. The molecule has 0 unspecified atom stereocenters. The number of aryl methyl sites for hydroxylation is 1. The molecule has 0 spiro atoms. The smallest absolute Gasteiger partial charge is 0.265 e. The summed E-state index contributed by atoms with van der Waals surface area (Å²) >= 11 is 0. The molecule has 0 saturated heterocycles. The molecule has 0 atom stereocenters. The number of benzene rings is 3.